The number of thioether (sulfide) groups is 1. The zero-order valence-electron chi connectivity index (χ0n) is 23.7. The van der Waals surface area contributed by atoms with E-state index in [0.29, 0.717) is 32.8 Å². The SMILES string of the molecule is O=S(=O)(OS(c1ccccc1)(c1ccccc1)c1ccc(SC2CCCCC2)cc1)C(F)(F)C(F)(F)C1CC2CCC1C2. The minimum absolute atomic E-state index is 0.0661. The molecule has 3 atom stereocenters. The number of halogens is 4. The zero-order chi connectivity index (χ0) is 30.3. The third kappa shape index (κ3) is 5.66. The Balaban J connectivity index is 1.43. The van der Waals surface area contributed by atoms with Crippen molar-refractivity contribution >= 4 is 32.2 Å². The van der Waals surface area contributed by atoms with E-state index >= 15 is 17.6 Å². The topological polar surface area (TPSA) is 43.4 Å². The van der Waals surface area contributed by atoms with Crippen LogP contribution in [-0.4, -0.2) is 24.8 Å². The van der Waals surface area contributed by atoms with Crippen LogP contribution in [0.3, 0.4) is 0 Å². The average molecular weight is 653 g/mol. The zero-order valence-corrected chi connectivity index (χ0v) is 26.2. The first kappa shape index (κ1) is 31.0. The molecule has 43 heavy (non-hydrogen) atoms. The van der Waals surface area contributed by atoms with Gasteiger partial charge in [0.25, 0.3) is 0 Å². The molecule has 0 saturated heterocycles. The van der Waals surface area contributed by atoms with E-state index in [1.165, 1.54) is 19.3 Å². The van der Waals surface area contributed by atoms with Crippen LogP contribution in [0.15, 0.2) is 105 Å². The summed E-state index contributed by atoms with van der Waals surface area (Å²) < 4.78 is 96.3. The molecule has 10 heteroatoms. The van der Waals surface area contributed by atoms with Gasteiger partial charge in [-0.15, -0.1) is 11.8 Å². The summed E-state index contributed by atoms with van der Waals surface area (Å²) in [5, 5.41) is -4.95. The molecule has 232 valence electrons. The molecule has 0 aromatic heterocycles. The smallest absolute Gasteiger partial charge is 0.202 e. The molecule has 3 aromatic rings. The first-order valence-corrected chi connectivity index (χ1v) is 18.8. The summed E-state index contributed by atoms with van der Waals surface area (Å²) in [7, 11) is -9.59. The summed E-state index contributed by atoms with van der Waals surface area (Å²) in [6.45, 7) is 0. The minimum atomic E-state index is -6.16. The monoisotopic (exact) mass is 652 g/mol. The Morgan fingerprint density at radius 2 is 1.23 bits per heavy atom. The fraction of sp³-hybridized carbons (Fsp3) is 0.455. The normalized spacial score (nSPS) is 23.9. The molecule has 0 aliphatic heterocycles. The van der Waals surface area contributed by atoms with Gasteiger partial charge in [0.2, 0.25) is 0 Å². The third-order valence-corrected chi connectivity index (χ3v) is 15.8. The number of rotatable bonds is 10. The van der Waals surface area contributed by atoms with E-state index in [1.807, 2.05) is 12.1 Å². The lowest BCUT2D eigenvalue weighted by Gasteiger charge is -2.42. The molecule has 3 aliphatic carbocycles. The van der Waals surface area contributed by atoms with Crippen LogP contribution in [0.5, 0.6) is 0 Å². The molecule has 3 aliphatic rings. The van der Waals surface area contributed by atoms with Crippen molar-refractivity contribution in [2.24, 2.45) is 17.8 Å². The summed E-state index contributed by atoms with van der Waals surface area (Å²) >= 11 is 1.75. The van der Waals surface area contributed by atoms with Crippen molar-refractivity contribution < 1.29 is 29.6 Å². The van der Waals surface area contributed by atoms with Crippen molar-refractivity contribution in [3.05, 3.63) is 84.9 Å². The molecule has 0 radical (unpaired) electrons. The van der Waals surface area contributed by atoms with Crippen molar-refractivity contribution in [1.29, 1.82) is 0 Å². The number of hydrogen-bond donors (Lipinski definition) is 0. The second-order valence-electron chi connectivity index (χ2n) is 12.0. The van der Waals surface area contributed by atoms with Crippen molar-refractivity contribution in [3.8, 4) is 0 Å². The first-order valence-electron chi connectivity index (χ1n) is 15.0. The lowest BCUT2D eigenvalue weighted by molar-refractivity contribution is -0.202. The second kappa shape index (κ2) is 12.1. The molecular formula is C33H36F4O3S3. The molecule has 3 nitrogen and oxygen atoms in total. The minimum Gasteiger partial charge on any atom is -0.202 e. The van der Waals surface area contributed by atoms with E-state index in [0.717, 1.165) is 24.2 Å². The average Bonchev–Trinajstić information content (AvgIpc) is 3.66. The quantitative estimate of drug-likeness (QED) is 0.205. The Morgan fingerprint density at radius 1 is 0.674 bits per heavy atom. The van der Waals surface area contributed by atoms with E-state index in [2.05, 4.69) is 0 Å². The molecule has 3 aromatic carbocycles. The van der Waals surface area contributed by atoms with Crippen LogP contribution in [0, 0.1) is 17.8 Å². The molecule has 0 heterocycles. The van der Waals surface area contributed by atoms with E-state index in [9.17, 15) is 8.42 Å². The van der Waals surface area contributed by atoms with E-state index in [1.54, 1.807) is 84.6 Å². The lowest BCUT2D eigenvalue weighted by Crippen LogP contribution is -2.53. The van der Waals surface area contributed by atoms with E-state index in [-0.39, 0.29) is 12.3 Å². The summed E-state index contributed by atoms with van der Waals surface area (Å²) in [6.07, 6.45) is 7.28. The van der Waals surface area contributed by atoms with Gasteiger partial charge in [0.05, 0.1) is 0 Å². The van der Waals surface area contributed by atoms with Gasteiger partial charge in [-0.3, -0.25) is 0 Å². The maximum atomic E-state index is 15.9. The van der Waals surface area contributed by atoms with Gasteiger partial charge in [0, 0.05) is 30.7 Å². The van der Waals surface area contributed by atoms with Crippen LogP contribution in [0.1, 0.15) is 57.8 Å². The Bertz CT molecular complexity index is 1460. The van der Waals surface area contributed by atoms with Crippen molar-refractivity contribution in [2.45, 2.75) is 93.8 Å². The molecule has 6 rings (SSSR count). The second-order valence-corrected chi connectivity index (χ2v) is 17.8. The van der Waals surface area contributed by atoms with Crippen LogP contribution in [-0.2, 0) is 13.7 Å². The van der Waals surface area contributed by atoms with Crippen LogP contribution in [0.25, 0.3) is 0 Å². The standard InChI is InChI=1S/C33H36F4O3S3/c34-32(35,31-23-24-16-17-25(31)22-24)33(36,37)43(38,39)40-42(28-12-6-2-7-13-28,29-14-8-3-9-15-29)30-20-18-27(19-21-30)41-26-10-4-1-5-11-26/h2-3,6-9,12-15,18-21,24-26,31H,1,4-5,10-11,16-17,22-23H2. The summed E-state index contributed by atoms with van der Waals surface area (Å²) in [5.41, 5.74) is 0. The summed E-state index contributed by atoms with van der Waals surface area (Å²) in [6, 6.07) is 23.6. The fourth-order valence-electron chi connectivity index (χ4n) is 7.08. The predicted octanol–water partition coefficient (Wildman–Crippen LogP) is 10.3. The number of alkyl halides is 4. The first-order chi connectivity index (χ1) is 20.5. The molecule has 3 saturated carbocycles. The van der Waals surface area contributed by atoms with Gasteiger partial charge in [0.15, 0.2) is 0 Å². The Hall–Kier alpha value is -2.01. The molecular weight excluding hydrogens is 617 g/mol. The van der Waals surface area contributed by atoms with Gasteiger partial charge < -0.3 is 0 Å². The maximum absolute atomic E-state index is 15.9. The maximum Gasteiger partial charge on any atom is 0.432 e. The summed E-state index contributed by atoms with van der Waals surface area (Å²) in [4.78, 5) is 1.94. The van der Waals surface area contributed by atoms with Gasteiger partial charge in [0.1, 0.15) is 0 Å². The molecule has 2 bridgehead atoms. The molecule has 0 N–H and O–H groups in total. The lowest BCUT2D eigenvalue weighted by atomic mass is 9.84. The predicted molar refractivity (Wildman–Crippen MR) is 163 cm³/mol. The van der Waals surface area contributed by atoms with Crippen LogP contribution in [0.2, 0.25) is 0 Å². The molecule has 3 fully saturated rings. The number of fused-ring (bicyclic) bond motifs is 2. The highest BCUT2D eigenvalue weighted by atomic mass is 32.3. The number of benzene rings is 3. The van der Waals surface area contributed by atoms with Crippen molar-refractivity contribution in [3.63, 3.8) is 0 Å². The third-order valence-electron chi connectivity index (χ3n) is 9.26. The Kier molecular flexibility index (Phi) is 8.69. The Morgan fingerprint density at radius 3 is 1.74 bits per heavy atom. The summed E-state index contributed by atoms with van der Waals surface area (Å²) in [5.74, 6) is -7.15. The highest BCUT2D eigenvalue weighted by molar-refractivity contribution is 8.33. The largest absolute Gasteiger partial charge is 0.432 e. The molecule has 0 amide bonds. The molecule has 0 spiro atoms. The highest BCUT2D eigenvalue weighted by Gasteiger charge is 2.73. The van der Waals surface area contributed by atoms with Gasteiger partial charge in [-0.1, -0.05) is 62.1 Å². The van der Waals surface area contributed by atoms with Crippen molar-refractivity contribution in [1.82, 2.24) is 0 Å². The van der Waals surface area contributed by atoms with Crippen molar-refractivity contribution in [2.75, 3.05) is 0 Å². The van der Waals surface area contributed by atoms with Gasteiger partial charge in [-0.2, -0.15) is 26.0 Å². The van der Waals surface area contributed by atoms with Gasteiger partial charge >= 0.3 is 21.3 Å². The van der Waals surface area contributed by atoms with E-state index in [4.69, 9.17) is 3.63 Å². The number of hydrogen-bond acceptors (Lipinski definition) is 4. The van der Waals surface area contributed by atoms with Gasteiger partial charge in [-0.05, 0) is 103 Å². The molecule has 3 unspecified atom stereocenters. The Labute approximate surface area is 257 Å². The van der Waals surface area contributed by atoms with Crippen LogP contribution < -0.4 is 0 Å². The highest BCUT2D eigenvalue weighted by Crippen LogP contribution is 2.71. The van der Waals surface area contributed by atoms with Crippen LogP contribution in [0.4, 0.5) is 17.6 Å². The van der Waals surface area contributed by atoms with Crippen LogP contribution >= 0.6 is 22.1 Å². The van der Waals surface area contributed by atoms with Gasteiger partial charge in [-0.25, -0.2) is 3.63 Å². The van der Waals surface area contributed by atoms with E-state index < -0.39 is 43.4 Å². The fourth-order valence-corrected chi connectivity index (χ4v) is 13.6.